The summed E-state index contributed by atoms with van der Waals surface area (Å²) in [5, 5.41) is 3.15. The van der Waals surface area contributed by atoms with E-state index in [0.29, 0.717) is 13.0 Å². The zero-order chi connectivity index (χ0) is 13.4. The fourth-order valence-electron chi connectivity index (χ4n) is 1.74. The van der Waals surface area contributed by atoms with Gasteiger partial charge in [-0.15, -0.1) is 0 Å². The largest absolute Gasteiger partial charge is 0.496 e. The van der Waals surface area contributed by atoms with Crippen LogP contribution in [0.15, 0.2) is 24.3 Å². The van der Waals surface area contributed by atoms with E-state index in [0.717, 1.165) is 24.4 Å². The summed E-state index contributed by atoms with van der Waals surface area (Å²) in [5.74, 6) is 0.964. The van der Waals surface area contributed by atoms with Gasteiger partial charge in [-0.2, -0.15) is 0 Å². The predicted octanol–water partition coefficient (Wildman–Crippen LogP) is 1.65. The molecule has 1 rings (SSSR count). The van der Waals surface area contributed by atoms with Crippen LogP contribution in [0.1, 0.15) is 18.9 Å². The summed E-state index contributed by atoms with van der Waals surface area (Å²) in [7, 11) is 3.46. The maximum atomic E-state index is 11.9. The van der Waals surface area contributed by atoms with E-state index in [2.05, 4.69) is 5.32 Å². The first-order valence-corrected chi connectivity index (χ1v) is 6.25. The molecule has 0 aliphatic heterocycles. The van der Waals surface area contributed by atoms with Gasteiger partial charge in [0.15, 0.2) is 0 Å². The molecular formula is C14H22N2O2. The number of ether oxygens (including phenoxy) is 1. The maximum Gasteiger partial charge on any atom is 0.223 e. The topological polar surface area (TPSA) is 41.6 Å². The Morgan fingerprint density at radius 3 is 2.78 bits per heavy atom. The van der Waals surface area contributed by atoms with Crippen LogP contribution in [-0.4, -0.2) is 38.1 Å². The minimum atomic E-state index is 0.141. The first-order chi connectivity index (χ1) is 8.69. The molecule has 4 heteroatoms. The van der Waals surface area contributed by atoms with Gasteiger partial charge in [-0.3, -0.25) is 4.79 Å². The number of methoxy groups -OCH3 is 1. The van der Waals surface area contributed by atoms with E-state index in [1.807, 2.05) is 38.2 Å². The second kappa shape index (κ2) is 7.71. The van der Waals surface area contributed by atoms with Gasteiger partial charge in [-0.1, -0.05) is 25.1 Å². The van der Waals surface area contributed by atoms with Crippen molar-refractivity contribution in [2.45, 2.75) is 19.9 Å². The van der Waals surface area contributed by atoms with E-state index in [-0.39, 0.29) is 5.91 Å². The molecule has 0 spiro atoms. The van der Waals surface area contributed by atoms with Crippen LogP contribution in [0.3, 0.4) is 0 Å². The third-order valence-electron chi connectivity index (χ3n) is 2.79. The highest BCUT2D eigenvalue weighted by molar-refractivity contribution is 5.76. The number of hydrogen-bond donors (Lipinski definition) is 1. The molecule has 0 bridgehead atoms. The van der Waals surface area contributed by atoms with Crippen LogP contribution in [0.25, 0.3) is 0 Å². The number of nitrogens with zero attached hydrogens (tertiary/aromatic N) is 1. The van der Waals surface area contributed by atoms with Crippen LogP contribution in [0.4, 0.5) is 0 Å². The molecule has 0 radical (unpaired) electrons. The molecule has 100 valence electrons. The summed E-state index contributed by atoms with van der Waals surface area (Å²) < 4.78 is 5.27. The molecule has 1 aromatic rings. The van der Waals surface area contributed by atoms with Crippen LogP contribution in [0, 0.1) is 0 Å². The zero-order valence-corrected chi connectivity index (χ0v) is 11.4. The Balaban J connectivity index is 2.52. The van der Waals surface area contributed by atoms with Crippen molar-refractivity contribution in [3.8, 4) is 5.75 Å². The van der Waals surface area contributed by atoms with Crippen molar-refractivity contribution < 1.29 is 9.53 Å². The lowest BCUT2D eigenvalue weighted by molar-refractivity contribution is -0.130. The lowest BCUT2D eigenvalue weighted by Gasteiger charge is -2.18. The van der Waals surface area contributed by atoms with Crippen LogP contribution < -0.4 is 10.1 Å². The molecule has 0 aliphatic rings. The summed E-state index contributed by atoms with van der Waals surface area (Å²) in [6.07, 6.45) is 0.527. The normalized spacial score (nSPS) is 10.2. The predicted molar refractivity (Wildman–Crippen MR) is 72.6 cm³/mol. The average Bonchev–Trinajstić information content (AvgIpc) is 2.39. The maximum absolute atomic E-state index is 11.9. The first-order valence-electron chi connectivity index (χ1n) is 6.25. The van der Waals surface area contributed by atoms with Crippen LogP contribution >= 0.6 is 0 Å². The number of benzene rings is 1. The summed E-state index contributed by atoms with van der Waals surface area (Å²) in [6, 6.07) is 7.77. The molecule has 0 fully saturated rings. The number of carbonyl (C=O) groups is 1. The number of amides is 1. The fraction of sp³-hybridized carbons (Fsp3) is 0.500. The molecule has 1 N–H and O–H groups in total. The van der Waals surface area contributed by atoms with Crippen LogP contribution in [0.5, 0.6) is 5.75 Å². The minimum Gasteiger partial charge on any atom is -0.496 e. The second-order valence-corrected chi connectivity index (χ2v) is 4.17. The Bertz CT molecular complexity index is 380. The van der Waals surface area contributed by atoms with Gasteiger partial charge in [0.25, 0.3) is 0 Å². The Hall–Kier alpha value is -1.55. The van der Waals surface area contributed by atoms with E-state index in [9.17, 15) is 4.79 Å². The zero-order valence-electron chi connectivity index (χ0n) is 11.4. The molecule has 1 amide bonds. The number of rotatable bonds is 7. The third-order valence-corrected chi connectivity index (χ3v) is 2.79. The van der Waals surface area contributed by atoms with E-state index in [1.54, 1.807) is 12.0 Å². The molecule has 0 heterocycles. The molecule has 0 aromatic heterocycles. The smallest absolute Gasteiger partial charge is 0.223 e. The van der Waals surface area contributed by atoms with Gasteiger partial charge in [0.1, 0.15) is 5.75 Å². The van der Waals surface area contributed by atoms with E-state index < -0.39 is 0 Å². The van der Waals surface area contributed by atoms with Crippen LogP contribution in [-0.2, 0) is 11.3 Å². The van der Waals surface area contributed by atoms with Gasteiger partial charge in [-0.25, -0.2) is 0 Å². The minimum absolute atomic E-state index is 0.141. The molecule has 0 saturated carbocycles. The molecule has 4 nitrogen and oxygen atoms in total. The van der Waals surface area contributed by atoms with Crippen molar-refractivity contribution >= 4 is 5.91 Å². The molecule has 18 heavy (non-hydrogen) atoms. The molecule has 0 atom stereocenters. The summed E-state index contributed by atoms with van der Waals surface area (Å²) >= 11 is 0. The number of hydrogen-bond acceptors (Lipinski definition) is 3. The molecule has 0 saturated heterocycles. The Morgan fingerprint density at radius 2 is 2.11 bits per heavy atom. The monoisotopic (exact) mass is 250 g/mol. The van der Waals surface area contributed by atoms with E-state index in [4.69, 9.17) is 4.74 Å². The van der Waals surface area contributed by atoms with Crippen molar-refractivity contribution in [3.05, 3.63) is 29.8 Å². The van der Waals surface area contributed by atoms with Gasteiger partial charge in [0, 0.05) is 32.1 Å². The van der Waals surface area contributed by atoms with Gasteiger partial charge in [0.2, 0.25) is 5.91 Å². The molecule has 1 aromatic carbocycles. The fourth-order valence-corrected chi connectivity index (χ4v) is 1.74. The Morgan fingerprint density at radius 1 is 1.39 bits per heavy atom. The highest BCUT2D eigenvalue weighted by Gasteiger charge is 2.11. The summed E-state index contributed by atoms with van der Waals surface area (Å²) in [6.45, 7) is 4.23. The third kappa shape index (κ3) is 4.37. The summed E-state index contributed by atoms with van der Waals surface area (Å²) in [5.41, 5.74) is 1.03. The highest BCUT2D eigenvalue weighted by Crippen LogP contribution is 2.18. The quantitative estimate of drug-likeness (QED) is 0.748. The van der Waals surface area contributed by atoms with Crippen molar-refractivity contribution in [2.24, 2.45) is 0 Å². The van der Waals surface area contributed by atoms with Crippen molar-refractivity contribution in [1.82, 2.24) is 10.2 Å². The van der Waals surface area contributed by atoms with E-state index >= 15 is 0 Å². The van der Waals surface area contributed by atoms with Crippen molar-refractivity contribution in [1.29, 1.82) is 0 Å². The van der Waals surface area contributed by atoms with Gasteiger partial charge in [-0.05, 0) is 12.6 Å². The van der Waals surface area contributed by atoms with Gasteiger partial charge in [0.05, 0.1) is 7.11 Å². The van der Waals surface area contributed by atoms with Crippen molar-refractivity contribution in [3.63, 3.8) is 0 Å². The first kappa shape index (κ1) is 14.5. The Kier molecular flexibility index (Phi) is 6.22. The number of carbonyl (C=O) groups excluding carboxylic acids is 1. The average molecular weight is 250 g/mol. The second-order valence-electron chi connectivity index (χ2n) is 4.17. The lowest BCUT2D eigenvalue weighted by Crippen LogP contribution is -2.29. The molecular weight excluding hydrogens is 228 g/mol. The standard InChI is InChI=1S/C14H22N2O2/c1-4-15-10-9-14(17)16(2)11-12-7-5-6-8-13(12)18-3/h5-8,15H,4,9-11H2,1-3H3. The summed E-state index contributed by atoms with van der Waals surface area (Å²) in [4.78, 5) is 13.6. The SMILES string of the molecule is CCNCCC(=O)N(C)Cc1ccccc1OC. The van der Waals surface area contributed by atoms with Gasteiger partial charge < -0.3 is 15.0 Å². The number of nitrogens with one attached hydrogen (secondary N) is 1. The highest BCUT2D eigenvalue weighted by atomic mass is 16.5. The van der Waals surface area contributed by atoms with E-state index in [1.165, 1.54) is 0 Å². The lowest BCUT2D eigenvalue weighted by atomic mass is 10.2. The Labute approximate surface area is 109 Å². The van der Waals surface area contributed by atoms with Crippen LogP contribution in [0.2, 0.25) is 0 Å². The van der Waals surface area contributed by atoms with Crippen molar-refractivity contribution in [2.75, 3.05) is 27.2 Å². The molecule has 0 aliphatic carbocycles. The molecule has 0 unspecified atom stereocenters. The van der Waals surface area contributed by atoms with Gasteiger partial charge >= 0.3 is 0 Å². The number of para-hydroxylation sites is 1.